The summed E-state index contributed by atoms with van der Waals surface area (Å²) in [4.78, 5) is 1.87. The van der Waals surface area contributed by atoms with Crippen LogP contribution in [0.15, 0.2) is 18.2 Å². The normalized spacial score (nSPS) is 20.3. The first-order valence-corrected chi connectivity index (χ1v) is 5.53. The maximum Gasteiger partial charge on any atom is 0.416 e. The van der Waals surface area contributed by atoms with E-state index in [0.29, 0.717) is 5.69 Å². The summed E-state index contributed by atoms with van der Waals surface area (Å²) < 4.78 is 37.9. The van der Waals surface area contributed by atoms with Crippen LogP contribution in [0.3, 0.4) is 0 Å². The van der Waals surface area contributed by atoms with Crippen LogP contribution < -0.4 is 10.2 Å². The number of aryl methyl sites for hydroxylation is 1. The van der Waals surface area contributed by atoms with Crippen molar-refractivity contribution in [3.63, 3.8) is 0 Å². The molecule has 1 aromatic rings. The molecule has 2 rings (SSSR count). The zero-order chi connectivity index (χ0) is 12.6. The molecule has 1 aliphatic heterocycles. The van der Waals surface area contributed by atoms with E-state index in [1.165, 1.54) is 6.07 Å². The summed E-state index contributed by atoms with van der Waals surface area (Å²) in [6.07, 6.45) is -2.46. The molecule has 0 aliphatic carbocycles. The van der Waals surface area contributed by atoms with Crippen molar-refractivity contribution in [1.29, 1.82) is 0 Å². The Balaban J connectivity index is 2.40. The quantitative estimate of drug-likeness (QED) is 0.817. The van der Waals surface area contributed by atoms with Crippen molar-refractivity contribution in [3.05, 3.63) is 29.3 Å². The van der Waals surface area contributed by atoms with E-state index in [4.69, 9.17) is 0 Å². The van der Waals surface area contributed by atoms with Gasteiger partial charge in [-0.2, -0.15) is 13.2 Å². The summed E-state index contributed by atoms with van der Waals surface area (Å²) in [5.74, 6) is 0. The van der Waals surface area contributed by atoms with Gasteiger partial charge >= 0.3 is 6.18 Å². The Morgan fingerprint density at radius 1 is 1.35 bits per heavy atom. The molecule has 0 amide bonds. The lowest BCUT2D eigenvalue weighted by molar-refractivity contribution is -0.137. The van der Waals surface area contributed by atoms with Crippen LogP contribution in [0, 0.1) is 0 Å². The standard InChI is InChI=1S/C12H15F3N2/c1-16-11-6-4-8-3-5-9(12(13,14)15)7-10(8)17(11)2/h3,5,7,11,16H,4,6H2,1-2H3. The minimum atomic E-state index is -4.28. The number of hydrogen-bond donors (Lipinski definition) is 1. The molecule has 0 radical (unpaired) electrons. The molecule has 1 unspecified atom stereocenters. The number of nitrogens with zero attached hydrogens (tertiary/aromatic N) is 1. The summed E-state index contributed by atoms with van der Waals surface area (Å²) in [7, 11) is 3.64. The average Bonchev–Trinajstić information content (AvgIpc) is 2.28. The van der Waals surface area contributed by atoms with Crippen LogP contribution >= 0.6 is 0 Å². The fourth-order valence-electron chi connectivity index (χ4n) is 2.27. The fraction of sp³-hybridized carbons (Fsp3) is 0.500. The first kappa shape index (κ1) is 12.2. The van der Waals surface area contributed by atoms with Crippen molar-refractivity contribution in [3.8, 4) is 0 Å². The van der Waals surface area contributed by atoms with Gasteiger partial charge in [-0.25, -0.2) is 0 Å². The van der Waals surface area contributed by atoms with Gasteiger partial charge < -0.3 is 10.2 Å². The summed E-state index contributed by atoms with van der Waals surface area (Å²) >= 11 is 0. The van der Waals surface area contributed by atoms with Crippen molar-refractivity contribution >= 4 is 5.69 Å². The van der Waals surface area contributed by atoms with E-state index in [1.807, 2.05) is 19.0 Å². The van der Waals surface area contributed by atoms with E-state index >= 15 is 0 Å². The highest BCUT2D eigenvalue weighted by molar-refractivity contribution is 5.58. The molecule has 1 atom stereocenters. The summed E-state index contributed by atoms with van der Waals surface area (Å²) in [5, 5.41) is 3.10. The van der Waals surface area contributed by atoms with Crippen molar-refractivity contribution in [2.45, 2.75) is 25.2 Å². The van der Waals surface area contributed by atoms with Crippen LogP contribution in [0.25, 0.3) is 0 Å². The smallest absolute Gasteiger partial charge is 0.359 e. The Morgan fingerprint density at radius 3 is 2.65 bits per heavy atom. The van der Waals surface area contributed by atoms with Crippen LogP contribution in [0.1, 0.15) is 17.5 Å². The maximum atomic E-state index is 12.6. The van der Waals surface area contributed by atoms with Gasteiger partial charge in [0.05, 0.1) is 11.7 Å². The van der Waals surface area contributed by atoms with Crippen LogP contribution in [-0.2, 0) is 12.6 Å². The number of anilines is 1. The van der Waals surface area contributed by atoms with Crippen LogP contribution in [-0.4, -0.2) is 20.3 Å². The number of rotatable bonds is 1. The zero-order valence-electron chi connectivity index (χ0n) is 9.80. The van der Waals surface area contributed by atoms with Gasteiger partial charge in [0.2, 0.25) is 0 Å². The SMILES string of the molecule is CNC1CCc2ccc(C(F)(F)F)cc2N1C. The minimum absolute atomic E-state index is 0.103. The monoisotopic (exact) mass is 244 g/mol. The van der Waals surface area contributed by atoms with Crippen LogP contribution in [0.5, 0.6) is 0 Å². The molecule has 1 aromatic carbocycles. The van der Waals surface area contributed by atoms with Gasteiger partial charge in [0.1, 0.15) is 0 Å². The summed E-state index contributed by atoms with van der Waals surface area (Å²) in [6.45, 7) is 0. The fourth-order valence-corrected chi connectivity index (χ4v) is 2.27. The molecule has 17 heavy (non-hydrogen) atoms. The zero-order valence-corrected chi connectivity index (χ0v) is 9.80. The van der Waals surface area contributed by atoms with E-state index in [-0.39, 0.29) is 6.17 Å². The van der Waals surface area contributed by atoms with Gasteiger partial charge in [0.25, 0.3) is 0 Å². The van der Waals surface area contributed by atoms with E-state index in [1.54, 1.807) is 6.07 Å². The number of hydrogen-bond acceptors (Lipinski definition) is 2. The van der Waals surface area contributed by atoms with E-state index in [2.05, 4.69) is 5.32 Å². The number of nitrogens with one attached hydrogen (secondary N) is 1. The van der Waals surface area contributed by atoms with Crippen molar-refractivity contribution in [2.24, 2.45) is 0 Å². The predicted molar refractivity (Wildman–Crippen MR) is 61.0 cm³/mol. The molecular weight excluding hydrogens is 229 g/mol. The molecule has 0 saturated carbocycles. The molecular formula is C12H15F3N2. The predicted octanol–water partition coefficient (Wildman–Crippen LogP) is 2.63. The second-order valence-corrected chi connectivity index (χ2v) is 4.30. The third-order valence-corrected chi connectivity index (χ3v) is 3.28. The lowest BCUT2D eigenvalue weighted by Gasteiger charge is -2.36. The molecule has 0 spiro atoms. The van der Waals surface area contributed by atoms with Crippen LogP contribution in [0.2, 0.25) is 0 Å². The van der Waals surface area contributed by atoms with Gasteiger partial charge in [0, 0.05) is 12.7 Å². The molecule has 0 fully saturated rings. The minimum Gasteiger partial charge on any atom is -0.359 e. The number of benzene rings is 1. The lowest BCUT2D eigenvalue weighted by Crippen LogP contribution is -2.44. The molecule has 0 aromatic heterocycles. The molecule has 5 heteroatoms. The Hall–Kier alpha value is -1.23. The Morgan fingerprint density at radius 2 is 2.06 bits per heavy atom. The number of alkyl halides is 3. The summed E-state index contributed by atoms with van der Waals surface area (Å²) in [6, 6.07) is 3.98. The molecule has 1 aliphatic rings. The van der Waals surface area contributed by atoms with Crippen molar-refractivity contribution < 1.29 is 13.2 Å². The average molecular weight is 244 g/mol. The Kier molecular flexibility index (Phi) is 3.03. The highest BCUT2D eigenvalue weighted by Crippen LogP contribution is 2.36. The second kappa shape index (κ2) is 4.22. The topological polar surface area (TPSA) is 15.3 Å². The Labute approximate surface area is 98.4 Å². The molecule has 94 valence electrons. The second-order valence-electron chi connectivity index (χ2n) is 4.30. The van der Waals surface area contributed by atoms with Crippen LogP contribution in [0.4, 0.5) is 18.9 Å². The van der Waals surface area contributed by atoms with Gasteiger partial charge in [-0.3, -0.25) is 0 Å². The van der Waals surface area contributed by atoms with Crippen molar-refractivity contribution in [2.75, 3.05) is 19.0 Å². The molecule has 0 saturated heterocycles. The van der Waals surface area contributed by atoms with Gasteiger partial charge in [-0.05, 0) is 37.6 Å². The number of halogens is 3. The lowest BCUT2D eigenvalue weighted by atomic mass is 9.98. The summed E-state index contributed by atoms with van der Waals surface area (Å²) in [5.41, 5.74) is 1.07. The third kappa shape index (κ3) is 2.24. The van der Waals surface area contributed by atoms with Gasteiger partial charge in [-0.1, -0.05) is 6.07 Å². The van der Waals surface area contributed by atoms with E-state index in [9.17, 15) is 13.2 Å². The van der Waals surface area contributed by atoms with Gasteiger partial charge in [0.15, 0.2) is 0 Å². The molecule has 2 nitrogen and oxygen atoms in total. The highest BCUT2D eigenvalue weighted by atomic mass is 19.4. The molecule has 1 heterocycles. The molecule has 0 bridgehead atoms. The van der Waals surface area contributed by atoms with E-state index in [0.717, 1.165) is 24.5 Å². The largest absolute Gasteiger partial charge is 0.416 e. The first-order chi connectivity index (χ1) is 7.93. The first-order valence-electron chi connectivity index (χ1n) is 5.53. The highest BCUT2D eigenvalue weighted by Gasteiger charge is 2.32. The van der Waals surface area contributed by atoms with Crippen molar-refractivity contribution in [1.82, 2.24) is 5.32 Å². The molecule has 1 N–H and O–H groups in total. The van der Waals surface area contributed by atoms with E-state index < -0.39 is 11.7 Å². The maximum absolute atomic E-state index is 12.6. The van der Waals surface area contributed by atoms with Gasteiger partial charge in [-0.15, -0.1) is 0 Å². The third-order valence-electron chi connectivity index (χ3n) is 3.28. The Bertz CT molecular complexity index is 415. The number of fused-ring (bicyclic) bond motifs is 1.